The summed E-state index contributed by atoms with van der Waals surface area (Å²) in [4.78, 5) is 2.59. The van der Waals surface area contributed by atoms with E-state index in [1.807, 2.05) is 0 Å². The van der Waals surface area contributed by atoms with Crippen molar-refractivity contribution in [1.29, 1.82) is 0 Å². The van der Waals surface area contributed by atoms with E-state index in [4.69, 9.17) is 0 Å². The molecule has 68 valence electrons. The van der Waals surface area contributed by atoms with Crippen molar-refractivity contribution in [3.8, 4) is 0 Å². The van der Waals surface area contributed by atoms with E-state index in [0.717, 1.165) is 0 Å². The zero-order valence-corrected chi connectivity index (χ0v) is 5.78. The molecule has 7 heteroatoms. The molecule has 0 bridgehead atoms. The van der Waals surface area contributed by atoms with Gasteiger partial charge < -0.3 is 17.3 Å². The standard InChI is InChI=1S/C5H4FN.BF4/c6-5-2-1-3-7-4-5;2-1(3,4)5/h1-4H;/q;-1/p+1. The molecular formula is C5H5BF5N. The fourth-order valence-corrected chi connectivity index (χ4v) is 0.371. The first-order valence-electron chi connectivity index (χ1n) is 2.88. The maximum atomic E-state index is 11.9. The van der Waals surface area contributed by atoms with Gasteiger partial charge in [-0.1, -0.05) is 0 Å². The molecular weight excluding hydrogens is 180 g/mol. The molecule has 12 heavy (non-hydrogen) atoms. The summed E-state index contributed by atoms with van der Waals surface area (Å²) in [6.45, 7) is 0. The average molecular weight is 185 g/mol. The molecule has 1 nitrogen and oxygen atoms in total. The second-order valence-corrected chi connectivity index (χ2v) is 1.72. The van der Waals surface area contributed by atoms with E-state index in [1.165, 1.54) is 12.3 Å². The Morgan fingerprint density at radius 3 is 1.83 bits per heavy atom. The highest BCUT2D eigenvalue weighted by Gasteiger charge is 2.20. The van der Waals surface area contributed by atoms with E-state index in [9.17, 15) is 21.7 Å². The van der Waals surface area contributed by atoms with Gasteiger partial charge in [0.15, 0.2) is 12.0 Å². The molecule has 0 saturated heterocycles. The van der Waals surface area contributed by atoms with Crippen LogP contribution in [0.3, 0.4) is 0 Å². The molecule has 1 aromatic heterocycles. The summed E-state index contributed by atoms with van der Waals surface area (Å²) in [6.07, 6.45) is 2.95. The Balaban J connectivity index is 0.000000217. The Bertz CT molecular complexity index is 205. The lowest BCUT2D eigenvalue weighted by atomic mass is 10.3. The molecule has 0 aliphatic carbocycles. The van der Waals surface area contributed by atoms with Crippen LogP contribution in [0.15, 0.2) is 24.5 Å². The van der Waals surface area contributed by atoms with E-state index < -0.39 is 7.25 Å². The quantitative estimate of drug-likeness (QED) is 0.433. The molecule has 0 atom stereocenters. The fourth-order valence-electron chi connectivity index (χ4n) is 0.371. The fraction of sp³-hybridized carbons (Fsp3) is 0. The van der Waals surface area contributed by atoms with Crippen LogP contribution < -0.4 is 4.98 Å². The SMILES string of the molecule is F[B-](F)(F)F.Fc1ccc[nH+]c1. The number of hydrogen-bond acceptors (Lipinski definition) is 0. The second kappa shape index (κ2) is 4.68. The molecule has 0 unspecified atom stereocenters. The van der Waals surface area contributed by atoms with Gasteiger partial charge in [0.05, 0.1) is 0 Å². The van der Waals surface area contributed by atoms with Crippen molar-refractivity contribution in [2.24, 2.45) is 0 Å². The Labute approximate surface area is 65.3 Å². The zero-order chi connectivity index (χ0) is 9.61. The molecule has 1 N–H and O–H groups in total. The van der Waals surface area contributed by atoms with Crippen LogP contribution in [0.1, 0.15) is 0 Å². The number of aromatic amines is 1. The van der Waals surface area contributed by atoms with Crippen LogP contribution in [0.4, 0.5) is 21.7 Å². The number of halogens is 5. The van der Waals surface area contributed by atoms with Gasteiger partial charge in [-0.2, -0.15) is 0 Å². The summed E-state index contributed by atoms with van der Waals surface area (Å²) < 4.78 is 50.9. The van der Waals surface area contributed by atoms with Crippen molar-refractivity contribution in [2.75, 3.05) is 0 Å². The van der Waals surface area contributed by atoms with Crippen LogP contribution in [0.25, 0.3) is 0 Å². The Morgan fingerprint density at radius 1 is 1.17 bits per heavy atom. The molecule has 1 aromatic rings. The molecule has 1 heterocycles. The van der Waals surface area contributed by atoms with Gasteiger partial charge in [0.2, 0.25) is 6.20 Å². The van der Waals surface area contributed by atoms with Gasteiger partial charge in [0.25, 0.3) is 0 Å². The summed E-state index contributed by atoms with van der Waals surface area (Å²) in [6, 6.07) is 2.99. The smallest absolute Gasteiger partial charge is 0.418 e. The Kier molecular flexibility index (Phi) is 4.24. The van der Waals surface area contributed by atoms with Crippen molar-refractivity contribution in [3.63, 3.8) is 0 Å². The lowest BCUT2D eigenvalue weighted by Crippen LogP contribution is -2.02. The van der Waals surface area contributed by atoms with Crippen molar-refractivity contribution in [2.45, 2.75) is 0 Å². The first kappa shape index (κ1) is 10.9. The Hall–Kier alpha value is -1.14. The monoisotopic (exact) mass is 185 g/mol. The molecule has 0 spiro atoms. The topological polar surface area (TPSA) is 14.1 Å². The maximum Gasteiger partial charge on any atom is 0.673 e. The molecule has 0 fully saturated rings. The second-order valence-electron chi connectivity index (χ2n) is 1.72. The first-order chi connectivity index (χ1) is 5.39. The van der Waals surface area contributed by atoms with E-state index in [0.29, 0.717) is 0 Å². The number of rotatable bonds is 0. The third kappa shape index (κ3) is 11.6. The number of aromatic nitrogens is 1. The number of hydrogen-bond donors (Lipinski definition) is 0. The third-order valence-electron chi connectivity index (χ3n) is 0.669. The molecule has 0 saturated carbocycles. The van der Waals surface area contributed by atoms with Gasteiger partial charge in [-0.3, -0.25) is 0 Å². The van der Waals surface area contributed by atoms with Gasteiger partial charge in [-0.25, -0.2) is 9.37 Å². The zero-order valence-electron chi connectivity index (χ0n) is 5.78. The van der Waals surface area contributed by atoms with E-state index in [2.05, 4.69) is 4.98 Å². The first-order valence-corrected chi connectivity index (χ1v) is 2.88. The highest BCUT2D eigenvalue weighted by molar-refractivity contribution is 6.50. The van der Waals surface area contributed by atoms with Crippen LogP contribution in [-0.4, -0.2) is 7.25 Å². The predicted octanol–water partition coefficient (Wildman–Crippen LogP) is 1.94. The minimum absolute atomic E-state index is 0.234. The number of H-pyrrole nitrogens is 1. The minimum Gasteiger partial charge on any atom is -0.418 e. The molecule has 0 aliphatic heterocycles. The molecule has 0 amide bonds. The van der Waals surface area contributed by atoms with Crippen LogP contribution in [0.2, 0.25) is 0 Å². The molecule has 0 radical (unpaired) electrons. The van der Waals surface area contributed by atoms with E-state index in [-0.39, 0.29) is 5.82 Å². The van der Waals surface area contributed by atoms with Crippen LogP contribution in [0.5, 0.6) is 0 Å². The molecule has 0 aliphatic rings. The summed E-state index contributed by atoms with van der Waals surface area (Å²) >= 11 is 0. The van der Waals surface area contributed by atoms with Gasteiger partial charge in [0.1, 0.15) is 0 Å². The number of pyridine rings is 1. The lowest BCUT2D eigenvalue weighted by molar-refractivity contribution is -0.380. The van der Waals surface area contributed by atoms with Crippen molar-refractivity contribution in [1.82, 2.24) is 0 Å². The van der Waals surface area contributed by atoms with Crippen LogP contribution in [0, 0.1) is 5.82 Å². The maximum absolute atomic E-state index is 11.9. The third-order valence-corrected chi connectivity index (χ3v) is 0.669. The summed E-state index contributed by atoms with van der Waals surface area (Å²) in [7, 11) is -6.00. The van der Waals surface area contributed by atoms with Gasteiger partial charge >= 0.3 is 7.25 Å². The van der Waals surface area contributed by atoms with Crippen LogP contribution in [-0.2, 0) is 0 Å². The summed E-state index contributed by atoms with van der Waals surface area (Å²) in [5.74, 6) is -0.234. The van der Waals surface area contributed by atoms with Crippen molar-refractivity contribution >= 4 is 7.25 Å². The van der Waals surface area contributed by atoms with Gasteiger partial charge in [-0.05, 0) is 6.07 Å². The van der Waals surface area contributed by atoms with Gasteiger partial charge in [-0.15, -0.1) is 0 Å². The minimum atomic E-state index is -6.00. The van der Waals surface area contributed by atoms with Crippen molar-refractivity contribution in [3.05, 3.63) is 30.3 Å². The molecule has 1 rings (SSSR count). The van der Waals surface area contributed by atoms with Crippen molar-refractivity contribution < 1.29 is 26.6 Å². The molecule has 0 aromatic carbocycles. The highest BCUT2D eigenvalue weighted by Crippen LogP contribution is 2.06. The largest absolute Gasteiger partial charge is 0.673 e. The van der Waals surface area contributed by atoms with E-state index >= 15 is 0 Å². The summed E-state index contributed by atoms with van der Waals surface area (Å²) in [5, 5.41) is 0. The lowest BCUT2D eigenvalue weighted by Gasteiger charge is -1.94. The average Bonchev–Trinajstić information content (AvgIpc) is 1.85. The van der Waals surface area contributed by atoms with Gasteiger partial charge in [0, 0.05) is 6.07 Å². The normalized spacial score (nSPS) is 10.1. The predicted molar refractivity (Wildman–Crippen MR) is 33.1 cm³/mol. The highest BCUT2D eigenvalue weighted by atomic mass is 19.5. The Morgan fingerprint density at radius 2 is 1.67 bits per heavy atom. The summed E-state index contributed by atoms with van der Waals surface area (Å²) in [5.41, 5.74) is 0. The van der Waals surface area contributed by atoms with E-state index in [1.54, 1.807) is 12.3 Å². The van der Waals surface area contributed by atoms with Crippen LogP contribution >= 0.6 is 0 Å². The number of nitrogens with one attached hydrogen (secondary N) is 1.